The molecule has 0 amide bonds. The smallest absolute Gasteiger partial charge is 0.336 e. The van der Waals surface area contributed by atoms with Crippen molar-refractivity contribution in [2.24, 2.45) is 0 Å². The summed E-state index contributed by atoms with van der Waals surface area (Å²) < 4.78 is 0. The molecule has 3 N–H and O–H groups in total. The van der Waals surface area contributed by atoms with Crippen LogP contribution in [0.3, 0.4) is 0 Å². The summed E-state index contributed by atoms with van der Waals surface area (Å²) in [6.45, 7) is 1.71. The van der Waals surface area contributed by atoms with Crippen LogP contribution < -0.4 is 4.90 Å². The first-order chi connectivity index (χ1) is 9.31. The Morgan fingerprint density at radius 1 is 1.35 bits per heavy atom. The summed E-state index contributed by atoms with van der Waals surface area (Å²) in [6.07, 6.45) is -1.91. The number of nitro benzene ring substituents is 1. The van der Waals surface area contributed by atoms with Crippen molar-refractivity contribution >= 4 is 17.3 Å². The maximum Gasteiger partial charge on any atom is 0.336 e. The molecule has 2 atom stereocenters. The van der Waals surface area contributed by atoms with Gasteiger partial charge in [-0.3, -0.25) is 10.1 Å². The lowest BCUT2D eigenvalue weighted by molar-refractivity contribution is -0.385. The average Bonchev–Trinajstić information content (AvgIpc) is 2.69. The van der Waals surface area contributed by atoms with Crippen molar-refractivity contribution in [1.29, 1.82) is 0 Å². The molecule has 8 nitrogen and oxygen atoms in total. The molecule has 0 spiro atoms. The second kappa shape index (κ2) is 5.06. The Kier molecular flexibility index (Phi) is 3.60. The van der Waals surface area contributed by atoms with E-state index in [1.54, 1.807) is 4.90 Å². The Morgan fingerprint density at radius 3 is 2.35 bits per heavy atom. The fraction of sp³-hybridized carbons (Fsp3) is 0.417. The van der Waals surface area contributed by atoms with Gasteiger partial charge in [-0.25, -0.2) is 4.79 Å². The summed E-state index contributed by atoms with van der Waals surface area (Å²) in [4.78, 5) is 22.9. The van der Waals surface area contributed by atoms with Gasteiger partial charge in [-0.15, -0.1) is 0 Å². The molecular weight excluding hydrogens is 268 g/mol. The molecule has 0 bridgehead atoms. The molecule has 0 saturated carbocycles. The van der Waals surface area contributed by atoms with Crippen molar-refractivity contribution in [2.75, 3.05) is 18.0 Å². The number of carbonyl (C=O) groups is 1. The highest BCUT2D eigenvalue weighted by Gasteiger charge is 2.32. The SMILES string of the molecule is Cc1c(N2CC(O)C(O)C2)cc(C(=O)O)cc1[N+](=O)[O-]. The number of nitro groups is 1. The Bertz CT molecular complexity index is 563. The average molecular weight is 282 g/mol. The Morgan fingerprint density at radius 2 is 1.90 bits per heavy atom. The minimum absolute atomic E-state index is 0.0994. The molecule has 0 radical (unpaired) electrons. The van der Waals surface area contributed by atoms with Gasteiger partial charge in [0.05, 0.1) is 28.3 Å². The lowest BCUT2D eigenvalue weighted by atomic mass is 10.1. The first-order valence-corrected chi connectivity index (χ1v) is 5.94. The van der Waals surface area contributed by atoms with Gasteiger partial charge in [0, 0.05) is 24.8 Å². The monoisotopic (exact) mass is 282 g/mol. The van der Waals surface area contributed by atoms with E-state index in [0.29, 0.717) is 11.3 Å². The third-order valence-corrected chi connectivity index (χ3v) is 3.40. The number of aromatic carboxylic acids is 1. The highest BCUT2D eigenvalue weighted by atomic mass is 16.6. The van der Waals surface area contributed by atoms with E-state index in [9.17, 15) is 25.1 Å². The first-order valence-electron chi connectivity index (χ1n) is 5.94. The van der Waals surface area contributed by atoms with E-state index in [4.69, 9.17) is 5.11 Å². The van der Waals surface area contributed by atoms with Gasteiger partial charge in [0.2, 0.25) is 0 Å². The molecule has 20 heavy (non-hydrogen) atoms. The van der Waals surface area contributed by atoms with Crippen molar-refractivity contribution in [3.63, 3.8) is 0 Å². The summed E-state index contributed by atoms with van der Waals surface area (Å²) in [5, 5.41) is 39.1. The van der Waals surface area contributed by atoms with E-state index in [1.165, 1.54) is 13.0 Å². The van der Waals surface area contributed by atoms with Crippen LogP contribution in [0.1, 0.15) is 15.9 Å². The predicted molar refractivity (Wildman–Crippen MR) is 69.0 cm³/mol. The fourth-order valence-electron chi connectivity index (χ4n) is 2.29. The van der Waals surface area contributed by atoms with Crippen LogP contribution in [0.4, 0.5) is 11.4 Å². The number of β-amino-alcohol motifs (C(OH)–C–C–N with tert-alkyl or cyclic N) is 2. The number of carboxylic acid groups (broad SMARTS) is 1. The number of anilines is 1. The first kappa shape index (κ1) is 14.2. The molecule has 1 aliphatic heterocycles. The van der Waals surface area contributed by atoms with E-state index in [2.05, 4.69) is 0 Å². The largest absolute Gasteiger partial charge is 0.478 e. The number of benzene rings is 1. The fourth-order valence-corrected chi connectivity index (χ4v) is 2.29. The minimum Gasteiger partial charge on any atom is -0.478 e. The van der Waals surface area contributed by atoms with Gasteiger partial charge in [-0.05, 0) is 13.0 Å². The Labute approximate surface area is 114 Å². The molecule has 1 aliphatic rings. The Balaban J connectivity index is 2.52. The Hall–Kier alpha value is -2.19. The number of aliphatic hydroxyl groups is 2. The van der Waals surface area contributed by atoms with Crippen LogP contribution in [-0.2, 0) is 0 Å². The van der Waals surface area contributed by atoms with Crippen LogP contribution in [0.5, 0.6) is 0 Å². The van der Waals surface area contributed by atoms with Gasteiger partial charge in [0.15, 0.2) is 0 Å². The lowest BCUT2D eigenvalue weighted by Gasteiger charge is -2.20. The number of carboxylic acids is 1. The van der Waals surface area contributed by atoms with Crippen molar-refractivity contribution in [3.05, 3.63) is 33.4 Å². The molecule has 0 aliphatic carbocycles. The molecule has 2 rings (SSSR count). The van der Waals surface area contributed by atoms with Crippen LogP contribution in [-0.4, -0.2) is 51.5 Å². The zero-order valence-corrected chi connectivity index (χ0v) is 10.7. The molecule has 2 unspecified atom stereocenters. The minimum atomic E-state index is -1.27. The van der Waals surface area contributed by atoms with Crippen molar-refractivity contribution in [1.82, 2.24) is 0 Å². The third-order valence-electron chi connectivity index (χ3n) is 3.40. The molecular formula is C12H14N2O6. The van der Waals surface area contributed by atoms with Gasteiger partial charge in [-0.2, -0.15) is 0 Å². The van der Waals surface area contributed by atoms with Crippen LogP contribution in [0.15, 0.2) is 12.1 Å². The van der Waals surface area contributed by atoms with Crippen molar-refractivity contribution in [3.8, 4) is 0 Å². The van der Waals surface area contributed by atoms with Gasteiger partial charge in [0.25, 0.3) is 5.69 Å². The summed E-state index contributed by atoms with van der Waals surface area (Å²) >= 11 is 0. The van der Waals surface area contributed by atoms with Crippen LogP contribution in [0, 0.1) is 17.0 Å². The maximum absolute atomic E-state index is 11.0. The standard InChI is InChI=1S/C12H14N2O6/c1-6-8(13-4-10(15)11(16)5-13)2-7(12(17)18)3-9(6)14(19)20/h2-3,10-11,15-16H,4-5H2,1H3,(H,17,18). The van der Waals surface area contributed by atoms with Gasteiger partial charge >= 0.3 is 5.97 Å². The molecule has 1 aromatic rings. The number of hydrogen-bond donors (Lipinski definition) is 3. The number of hydrogen-bond acceptors (Lipinski definition) is 6. The summed E-state index contributed by atoms with van der Waals surface area (Å²) in [5.74, 6) is -1.27. The van der Waals surface area contributed by atoms with E-state index >= 15 is 0 Å². The van der Waals surface area contributed by atoms with Crippen molar-refractivity contribution in [2.45, 2.75) is 19.1 Å². The zero-order chi connectivity index (χ0) is 15.0. The quantitative estimate of drug-likeness (QED) is 0.532. The van der Waals surface area contributed by atoms with E-state index in [0.717, 1.165) is 6.07 Å². The topological polar surface area (TPSA) is 124 Å². The second-order valence-electron chi connectivity index (χ2n) is 4.74. The summed E-state index contributed by atoms with van der Waals surface area (Å²) in [7, 11) is 0. The maximum atomic E-state index is 11.0. The normalized spacial score (nSPS) is 22.1. The number of aliphatic hydroxyl groups excluding tert-OH is 2. The zero-order valence-electron chi connectivity index (χ0n) is 10.7. The molecule has 8 heteroatoms. The van der Waals surface area contributed by atoms with E-state index in [1.807, 2.05) is 0 Å². The van der Waals surface area contributed by atoms with Crippen LogP contribution >= 0.6 is 0 Å². The van der Waals surface area contributed by atoms with Crippen LogP contribution in [0.25, 0.3) is 0 Å². The molecule has 108 valence electrons. The molecule has 1 fully saturated rings. The highest BCUT2D eigenvalue weighted by molar-refractivity contribution is 5.90. The number of nitrogens with zero attached hydrogens (tertiary/aromatic N) is 2. The second-order valence-corrected chi connectivity index (χ2v) is 4.74. The number of rotatable bonds is 3. The highest BCUT2D eigenvalue weighted by Crippen LogP contribution is 2.32. The lowest BCUT2D eigenvalue weighted by Crippen LogP contribution is -2.22. The predicted octanol–water partition coefficient (Wildman–Crippen LogP) is 0.143. The summed E-state index contributed by atoms with van der Waals surface area (Å²) in [5.41, 5.74) is 0.150. The van der Waals surface area contributed by atoms with Gasteiger partial charge in [-0.1, -0.05) is 0 Å². The van der Waals surface area contributed by atoms with Gasteiger partial charge in [0.1, 0.15) is 0 Å². The van der Waals surface area contributed by atoms with Crippen molar-refractivity contribution < 1.29 is 25.0 Å². The van der Waals surface area contributed by atoms with E-state index < -0.39 is 23.1 Å². The molecule has 0 aromatic heterocycles. The van der Waals surface area contributed by atoms with Crippen LogP contribution in [0.2, 0.25) is 0 Å². The van der Waals surface area contributed by atoms with E-state index in [-0.39, 0.29) is 24.3 Å². The molecule has 1 heterocycles. The third kappa shape index (κ3) is 2.43. The molecule has 1 saturated heterocycles. The summed E-state index contributed by atoms with van der Waals surface area (Å²) in [6, 6.07) is 2.32. The van der Waals surface area contributed by atoms with Gasteiger partial charge < -0.3 is 20.2 Å². The molecule has 1 aromatic carbocycles.